The van der Waals surface area contributed by atoms with Gasteiger partial charge in [0.15, 0.2) is 5.13 Å². The van der Waals surface area contributed by atoms with E-state index in [9.17, 15) is 5.11 Å². The molecule has 3 heterocycles. The van der Waals surface area contributed by atoms with E-state index in [0.29, 0.717) is 6.04 Å². The van der Waals surface area contributed by atoms with Crippen LogP contribution in [0.15, 0.2) is 11.6 Å². The lowest BCUT2D eigenvalue weighted by Gasteiger charge is -2.38. The summed E-state index contributed by atoms with van der Waals surface area (Å²) in [7, 11) is 0. The van der Waals surface area contributed by atoms with Crippen molar-refractivity contribution in [1.82, 2.24) is 15.2 Å². The number of thiazole rings is 1. The first-order chi connectivity index (χ1) is 8.34. The van der Waals surface area contributed by atoms with Gasteiger partial charge in [-0.1, -0.05) is 0 Å². The van der Waals surface area contributed by atoms with E-state index in [2.05, 4.69) is 20.1 Å². The lowest BCUT2D eigenvalue weighted by atomic mass is 10.1. The van der Waals surface area contributed by atoms with Gasteiger partial charge in [0.25, 0.3) is 0 Å². The second kappa shape index (κ2) is 4.89. The predicted molar refractivity (Wildman–Crippen MR) is 68.6 cm³/mol. The standard InChI is InChI=1S/C11H18N4OS/c16-10-8-12-7-9(10)14-2-4-15(5-3-14)11-13-1-6-17-11/h1,6,9-10,12,16H,2-5,7-8H2. The lowest BCUT2D eigenvalue weighted by Crippen LogP contribution is -2.53. The number of nitrogens with zero attached hydrogens (tertiary/aromatic N) is 3. The highest BCUT2D eigenvalue weighted by atomic mass is 32.1. The SMILES string of the molecule is OC1CNCC1N1CCN(c2nccs2)CC1. The van der Waals surface area contributed by atoms with Gasteiger partial charge in [0, 0.05) is 56.9 Å². The van der Waals surface area contributed by atoms with Crippen molar-refractivity contribution in [2.45, 2.75) is 12.1 Å². The minimum Gasteiger partial charge on any atom is -0.390 e. The number of hydrogen-bond acceptors (Lipinski definition) is 6. The number of aliphatic hydroxyl groups is 1. The molecule has 0 radical (unpaired) electrons. The van der Waals surface area contributed by atoms with Gasteiger partial charge >= 0.3 is 0 Å². The van der Waals surface area contributed by atoms with Crippen molar-refractivity contribution < 1.29 is 5.11 Å². The molecule has 0 amide bonds. The summed E-state index contributed by atoms with van der Waals surface area (Å²) in [6, 6.07) is 0.299. The summed E-state index contributed by atoms with van der Waals surface area (Å²) in [6.45, 7) is 5.70. The Morgan fingerprint density at radius 3 is 2.71 bits per heavy atom. The van der Waals surface area contributed by atoms with Gasteiger partial charge in [-0.25, -0.2) is 4.98 Å². The number of nitrogens with one attached hydrogen (secondary N) is 1. The Bertz CT molecular complexity index is 350. The van der Waals surface area contributed by atoms with E-state index >= 15 is 0 Å². The molecule has 0 bridgehead atoms. The van der Waals surface area contributed by atoms with Crippen LogP contribution in [0.1, 0.15) is 0 Å². The van der Waals surface area contributed by atoms with Gasteiger partial charge in [-0.05, 0) is 0 Å². The van der Waals surface area contributed by atoms with Gasteiger partial charge in [0.2, 0.25) is 0 Å². The Labute approximate surface area is 105 Å². The van der Waals surface area contributed by atoms with Gasteiger partial charge in [-0.15, -0.1) is 11.3 Å². The van der Waals surface area contributed by atoms with E-state index in [1.807, 2.05) is 11.6 Å². The molecule has 2 unspecified atom stereocenters. The van der Waals surface area contributed by atoms with Crippen molar-refractivity contribution in [2.75, 3.05) is 44.2 Å². The molecule has 1 aromatic heterocycles. The second-order valence-electron chi connectivity index (χ2n) is 4.63. The van der Waals surface area contributed by atoms with Crippen LogP contribution >= 0.6 is 11.3 Å². The van der Waals surface area contributed by atoms with Crippen LogP contribution in [0.25, 0.3) is 0 Å². The smallest absolute Gasteiger partial charge is 0.185 e. The number of aromatic nitrogens is 1. The molecule has 0 aromatic carbocycles. The van der Waals surface area contributed by atoms with E-state index in [1.165, 1.54) is 0 Å². The predicted octanol–water partition coefficient (Wildman–Crippen LogP) is -0.402. The van der Waals surface area contributed by atoms with Gasteiger partial charge in [0.1, 0.15) is 0 Å². The average molecular weight is 254 g/mol. The molecule has 2 saturated heterocycles. The first kappa shape index (κ1) is 11.4. The van der Waals surface area contributed by atoms with Crippen LogP contribution in [0.2, 0.25) is 0 Å². The van der Waals surface area contributed by atoms with Crippen molar-refractivity contribution >= 4 is 16.5 Å². The Kier molecular flexibility index (Phi) is 3.28. The molecule has 2 aliphatic rings. The maximum atomic E-state index is 9.86. The molecule has 2 fully saturated rings. The van der Waals surface area contributed by atoms with Crippen LogP contribution in [0.5, 0.6) is 0 Å². The third-order valence-corrected chi connectivity index (χ3v) is 4.46. The Morgan fingerprint density at radius 2 is 2.12 bits per heavy atom. The van der Waals surface area contributed by atoms with E-state index in [1.54, 1.807) is 11.3 Å². The highest BCUT2D eigenvalue weighted by Crippen LogP contribution is 2.20. The number of β-amino-alcohol motifs (C(OH)–C–C–N with tert-alkyl or cyclic N) is 1. The van der Waals surface area contributed by atoms with Crippen LogP contribution < -0.4 is 10.2 Å². The summed E-state index contributed by atoms with van der Waals surface area (Å²) in [5.41, 5.74) is 0. The molecule has 3 rings (SSSR count). The molecule has 1 aromatic rings. The zero-order chi connectivity index (χ0) is 11.7. The zero-order valence-electron chi connectivity index (χ0n) is 9.75. The summed E-state index contributed by atoms with van der Waals surface area (Å²) in [4.78, 5) is 9.07. The molecular weight excluding hydrogens is 236 g/mol. The largest absolute Gasteiger partial charge is 0.390 e. The van der Waals surface area contributed by atoms with Crippen LogP contribution in [-0.4, -0.2) is 66.4 Å². The molecular formula is C11H18N4OS. The summed E-state index contributed by atoms with van der Waals surface area (Å²) in [6.07, 6.45) is 1.65. The number of piperazine rings is 1. The van der Waals surface area contributed by atoms with Crippen LogP contribution in [0, 0.1) is 0 Å². The monoisotopic (exact) mass is 254 g/mol. The minimum atomic E-state index is -0.207. The van der Waals surface area contributed by atoms with E-state index in [-0.39, 0.29) is 6.10 Å². The van der Waals surface area contributed by atoms with Gasteiger partial charge in [-0.2, -0.15) is 0 Å². The van der Waals surface area contributed by atoms with Crippen molar-refractivity contribution in [3.63, 3.8) is 0 Å². The van der Waals surface area contributed by atoms with Crippen LogP contribution in [0.3, 0.4) is 0 Å². The molecule has 0 saturated carbocycles. The van der Waals surface area contributed by atoms with E-state index in [0.717, 1.165) is 44.4 Å². The molecule has 0 spiro atoms. The third-order valence-electron chi connectivity index (χ3n) is 3.62. The first-order valence-electron chi connectivity index (χ1n) is 6.12. The topological polar surface area (TPSA) is 51.6 Å². The maximum Gasteiger partial charge on any atom is 0.185 e. The Morgan fingerprint density at radius 1 is 1.29 bits per heavy atom. The number of anilines is 1. The fourth-order valence-corrected chi connectivity index (χ4v) is 3.34. The normalized spacial score (nSPS) is 31.0. The number of rotatable bonds is 2. The van der Waals surface area contributed by atoms with Crippen LogP contribution in [-0.2, 0) is 0 Å². The summed E-state index contributed by atoms with van der Waals surface area (Å²) < 4.78 is 0. The summed E-state index contributed by atoms with van der Waals surface area (Å²) in [5.74, 6) is 0. The van der Waals surface area contributed by atoms with Gasteiger partial charge in [0.05, 0.1) is 6.10 Å². The van der Waals surface area contributed by atoms with Crippen molar-refractivity contribution in [1.29, 1.82) is 0 Å². The lowest BCUT2D eigenvalue weighted by molar-refractivity contribution is 0.0792. The van der Waals surface area contributed by atoms with E-state index in [4.69, 9.17) is 0 Å². The zero-order valence-corrected chi connectivity index (χ0v) is 10.6. The first-order valence-corrected chi connectivity index (χ1v) is 7.00. The quantitative estimate of drug-likeness (QED) is 0.752. The fourth-order valence-electron chi connectivity index (χ4n) is 2.64. The molecule has 2 atom stereocenters. The molecule has 6 heteroatoms. The second-order valence-corrected chi connectivity index (χ2v) is 5.50. The van der Waals surface area contributed by atoms with Crippen molar-refractivity contribution in [2.24, 2.45) is 0 Å². The Balaban J connectivity index is 1.57. The third kappa shape index (κ3) is 2.30. The molecule has 17 heavy (non-hydrogen) atoms. The Hall–Kier alpha value is -0.690. The highest BCUT2D eigenvalue weighted by molar-refractivity contribution is 7.13. The molecule has 0 aliphatic carbocycles. The van der Waals surface area contributed by atoms with Crippen LogP contribution in [0.4, 0.5) is 5.13 Å². The number of aliphatic hydroxyl groups excluding tert-OH is 1. The van der Waals surface area contributed by atoms with E-state index < -0.39 is 0 Å². The highest BCUT2D eigenvalue weighted by Gasteiger charge is 2.32. The summed E-state index contributed by atoms with van der Waals surface area (Å²) >= 11 is 1.70. The van der Waals surface area contributed by atoms with Crippen molar-refractivity contribution in [3.8, 4) is 0 Å². The fraction of sp³-hybridized carbons (Fsp3) is 0.727. The van der Waals surface area contributed by atoms with Gasteiger partial charge in [-0.3, -0.25) is 4.90 Å². The number of hydrogen-bond donors (Lipinski definition) is 2. The summed E-state index contributed by atoms with van der Waals surface area (Å²) in [5, 5.41) is 16.2. The van der Waals surface area contributed by atoms with Gasteiger partial charge < -0.3 is 15.3 Å². The minimum absolute atomic E-state index is 0.207. The molecule has 2 N–H and O–H groups in total. The average Bonchev–Trinajstić information content (AvgIpc) is 3.00. The maximum absolute atomic E-state index is 9.86. The molecule has 5 nitrogen and oxygen atoms in total. The molecule has 2 aliphatic heterocycles. The molecule has 94 valence electrons. The van der Waals surface area contributed by atoms with Crippen molar-refractivity contribution in [3.05, 3.63) is 11.6 Å².